The van der Waals surface area contributed by atoms with Gasteiger partial charge in [-0.15, -0.1) is 10.2 Å². The molecule has 2 N–H and O–H groups in total. The van der Waals surface area contributed by atoms with Gasteiger partial charge >= 0.3 is 0 Å². The third-order valence-electron chi connectivity index (χ3n) is 3.15. The van der Waals surface area contributed by atoms with Crippen molar-refractivity contribution in [3.05, 3.63) is 41.1 Å². The molecule has 0 atom stereocenters. The summed E-state index contributed by atoms with van der Waals surface area (Å²) >= 11 is 7.49. The van der Waals surface area contributed by atoms with Gasteiger partial charge in [-0.05, 0) is 12.1 Å². The number of nitrogen functional groups attached to an aromatic ring is 1. The van der Waals surface area contributed by atoms with Crippen LogP contribution in [0, 0.1) is 0 Å². The largest absolute Gasteiger partial charge is 0.336 e. The molecule has 0 spiro atoms. The van der Waals surface area contributed by atoms with Crippen LogP contribution in [0.2, 0.25) is 5.02 Å². The standard InChI is InChI=1S/C14H17ClN6S/c1-14(2,3)12-18-19-13(21(12)16)22-8-10-7-20-6-9(15)4-5-11(20)17-10/h4-7H,8,16H2,1-3H3. The lowest BCUT2D eigenvalue weighted by Crippen LogP contribution is -2.24. The highest BCUT2D eigenvalue weighted by Crippen LogP contribution is 2.25. The fraction of sp³-hybridized carbons (Fsp3) is 0.357. The number of nitrogens with two attached hydrogens (primary N) is 1. The fourth-order valence-corrected chi connectivity index (χ4v) is 3.02. The van der Waals surface area contributed by atoms with Gasteiger partial charge in [-0.3, -0.25) is 0 Å². The van der Waals surface area contributed by atoms with Gasteiger partial charge < -0.3 is 10.2 Å². The van der Waals surface area contributed by atoms with Crippen molar-refractivity contribution >= 4 is 29.0 Å². The first-order valence-corrected chi connectivity index (χ1v) is 8.18. The zero-order valence-electron chi connectivity index (χ0n) is 12.6. The molecular formula is C14H17ClN6S. The Bertz CT molecular complexity index is 816. The van der Waals surface area contributed by atoms with Gasteiger partial charge in [0.1, 0.15) is 5.65 Å². The van der Waals surface area contributed by atoms with E-state index in [9.17, 15) is 0 Å². The summed E-state index contributed by atoms with van der Waals surface area (Å²) in [5, 5.41) is 9.70. The molecule has 0 fully saturated rings. The molecule has 0 amide bonds. The summed E-state index contributed by atoms with van der Waals surface area (Å²) in [6.45, 7) is 6.17. The normalized spacial score (nSPS) is 12.2. The molecule has 0 saturated heterocycles. The highest BCUT2D eigenvalue weighted by molar-refractivity contribution is 7.98. The molecule has 3 heterocycles. The molecule has 0 radical (unpaired) electrons. The summed E-state index contributed by atoms with van der Waals surface area (Å²) in [7, 11) is 0. The van der Waals surface area contributed by atoms with E-state index in [4.69, 9.17) is 17.4 Å². The van der Waals surface area contributed by atoms with Crippen molar-refractivity contribution in [2.24, 2.45) is 0 Å². The van der Waals surface area contributed by atoms with Gasteiger partial charge in [-0.1, -0.05) is 44.1 Å². The number of hydrogen-bond acceptors (Lipinski definition) is 5. The molecule has 3 aromatic rings. The van der Waals surface area contributed by atoms with Gasteiger partial charge in [0.15, 0.2) is 5.82 Å². The van der Waals surface area contributed by atoms with Crippen molar-refractivity contribution in [2.75, 3.05) is 5.84 Å². The summed E-state index contributed by atoms with van der Waals surface area (Å²) in [6, 6.07) is 3.71. The number of fused-ring (bicyclic) bond motifs is 1. The molecule has 0 saturated carbocycles. The van der Waals surface area contributed by atoms with Crippen LogP contribution in [0.5, 0.6) is 0 Å². The molecule has 3 aromatic heterocycles. The van der Waals surface area contributed by atoms with E-state index in [1.165, 1.54) is 11.8 Å². The minimum Gasteiger partial charge on any atom is -0.336 e. The summed E-state index contributed by atoms with van der Waals surface area (Å²) in [4.78, 5) is 4.54. The second-order valence-electron chi connectivity index (χ2n) is 6.06. The molecule has 116 valence electrons. The highest BCUT2D eigenvalue weighted by Gasteiger charge is 2.23. The monoisotopic (exact) mass is 336 g/mol. The molecule has 0 aliphatic rings. The highest BCUT2D eigenvalue weighted by atomic mass is 35.5. The molecule has 0 aliphatic carbocycles. The van der Waals surface area contributed by atoms with Crippen LogP contribution in [0.3, 0.4) is 0 Å². The molecule has 6 nitrogen and oxygen atoms in total. The topological polar surface area (TPSA) is 74.0 Å². The summed E-state index contributed by atoms with van der Waals surface area (Å²) in [5.74, 6) is 7.50. The van der Waals surface area contributed by atoms with Crippen molar-refractivity contribution < 1.29 is 0 Å². The first-order chi connectivity index (χ1) is 10.3. The van der Waals surface area contributed by atoms with Crippen LogP contribution < -0.4 is 5.84 Å². The summed E-state index contributed by atoms with van der Waals surface area (Å²) in [5.41, 5.74) is 1.66. The Morgan fingerprint density at radius 2 is 2.00 bits per heavy atom. The number of pyridine rings is 1. The molecule has 0 unspecified atom stereocenters. The van der Waals surface area contributed by atoms with Crippen LogP contribution in [-0.4, -0.2) is 24.3 Å². The quantitative estimate of drug-likeness (QED) is 0.588. The smallest absolute Gasteiger partial charge is 0.210 e. The number of thioether (sulfide) groups is 1. The van der Waals surface area contributed by atoms with Crippen LogP contribution >= 0.6 is 23.4 Å². The van der Waals surface area contributed by atoms with E-state index in [-0.39, 0.29) is 5.41 Å². The van der Waals surface area contributed by atoms with Gasteiger partial charge in [0.2, 0.25) is 5.16 Å². The Kier molecular flexibility index (Phi) is 3.78. The van der Waals surface area contributed by atoms with Gasteiger partial charge in [0, 0.05) is 23.6 Å². The molecule has 22 heavy (non-hydrogen) atoms. The first kappa shape index (κ1) is 15.2. The van der Waals surface area contributed by atoms with Crippen LogP contribution in [0.15, 0.2) is 29.7 Å². The number of halogens is 1. The van der Waals surface area contributed by atoms with Crippen LogP contribution in [0.1, 0.15) is 32.3 Å². The Morgan fingerprint density at radius 1 is 1.23 bits per heavy atom. The Morgan fingerprint density at radius 3 is 2.68 bits per heavy atom. The lowest BCUT2D eigenvalue weighted by Gasteiger charge is -2.16. The predicted molar refractivity (Wildman–Crippen MR) is 88.6 cm³/mol. The number of rotatable bonds is 3. The van der Waals surface area contributed by atoms with E-state index < -0.39 is 0 Å². The number of imidazole rings is 1. The van der Waals surface area contributed by atoms with Crippen LogP contribution in [0.25, 0.3) is 5.65 Å². The summed E-state index contributed by atoms with van der Waals surface area (Å²) < 4.78 is 3.46. The van der Waals surface area contributed by atoms with Crippen molar-refractivity contribution in [2.45, 2.75) is 37.1 Å². The Hall–Kier alpha value is -1.73. The number of nitrogens with zero attached hydrogens (tertiary/aromatic N) is 5. The SMILES string of the molecule is CC(C)(C)c1nnc(SCc2cn3cc(Cl)ccc3n2)n1N. The lowest BCUT2D eigenvalue weighted by atomic mass is 9.96. The van der Waals surface area contributed by atoms with Gasteiger partial charge in [-0.25, -0.2) is 9.66 Å². The lowest BCUT2D eigenvalue weighted by molar-refractivity contribution is 0.523. The molecule has 0 aliphatic heterocycles. The van der Waals surface area contributed by atoms with E-state index in [2.05, 4.69) is 36.0 Å². The number of hydrogen-bond donors (Lipinski definition) is 1. The molecule has 0 aromatic carbocycles. The maximum atomic E-state index is 6.08. The van der Waals surface area contributed by atoms with Crippen molar-refractivity contribution in [3.8, 4) is 0 Å². The van der Waals surface area contributed by atoms with Crippen LogP contribution in [-0.2, 0) is 11.2 Å². The van der Waals surface area contributed by atoms with Crippen LogP contribution in [0.4, 0.5) is 0 Å². The maximum Gasteiger partial charge on any atom is 0.210 e. The zero-order valence-corrected chi connectivity index (χ0v) is 14.2. The van der Waals surface area contributed by atoms with E-state index >= 15 is 0 Å². The van der Waals surface area contributed by atoms with E-state index in [0.29, 0.717) is 15.9 Å². The Balaban J connectivity index is 1.78. The third-order valence-corrected chi connectivity index (χ3v) is 4.35. The third kappa shape index (κ3) is 2.91. The molecule has 0 bridgehead atoms. The average molecular weight is 337 g/mol. The van der Waals surface area contributed by atoms with Gasteiger partial charge in [0.05, 0.1) is 10.7 Å². The zero-order chi connectivity index (χ0) is 15.9. The van der Waals surface area contributed by atoms with Crippen molar-refractivity contribution in [1.82, 2.24) is 24.3 Å². The van der Waals surface area contributed by atoms with E-state index in [1.54, 1.807) is 4.68 Å². The molecule has 3 rings (SSSR count). The fourth-order valence-electron chi connectivity index (χ4n) is 2.11. The van der Waals surface area contributed by atoms with Crippen molar-refractivity contribution in [1.29, 1.82) is 0 Å². The van der Waals surface area contributed by atoms with Crippen molar-refractivity contribution in [3.63, 3.8) is 0 Å². The van der Waals surface area contributed by atoms with Gasteiger partial charge in [-0.2, -0.15) is 0 Å². The predicted octanol–water partition coefficient (Wildman–Crippen LogP) is 2.88. The average Bonchev–Trinajstić information content (AvgIpc) is 2.98. The Labute approximate surface area is 137 Å². The molecule has 8 heteroatoms. The second-order valence-corrected chi connectivity index (χ2v) is 7.44. The maximum absolute atomic E-state index is 6.08. The minimum atomic E-state index is -0.138. The molecular weight excluding hydrogens is 320 g/mol. The number of aromatic nitrogens is 5. The van der Waals surface area contributed by atoms with E-state index in [0.717, 1.165) is 17.2 Å². The summed E-state index contributed by atoms with van der Waals surface area (Å²) in [6.07, 6.45) is 3.79. The van der Waals surface area contributed by atoms with E-state index in [1.807, 2.05) is 28.9 Å². The second kappa shape index (κ2) is 5.48. The van der Waals surface area contributed by atoms with Gasteiger partial charge in [0.25, 0.3) is 0 Å². The first-order valence-electron chi connectivity index (χ1n) is 6.81. The minimum absolute atomic E-state index is 0.138.